The van der Waals surface area contributed by atoms with E-state index >= 15 is 0 Å². The van der Waals surface area contributed by atoms with E-state index in [4.69, 9.17) is 4.74 Å². The van der Waals surface area contributed by atoms with Crippen molar-refractivity contribution in [2.45, 2.75) is 32.2 Å². The zero-order valence-corrected chi connectivity index (χ0v) is 16.5. The summed E-state index contributed by atoms with van der Waals surface area (Å²) >= 11 is 0. The molecule has 5 nitrogen and oxygen atoms in total. The first-order valence-corrected chi connectivity index (χ1v) is 10.1. The van der Waals surface area contributed by atoms with Gasteiger partial charge < -0.3 is 15.0 Å². The summed E-state index contributed by atoms with van der Waals surface area (Å²) in [4.78, 5) is 26.6. The van der Waals surface area contributed by atoms with Crippen molar-refractivity contribution in [1.82, 2.24) is 10.2 Å². The molecule has 0 radical (unpaired) electrons. The van der Waals surface area contributed by atoms with Crippen LogP contribution in [0.15, 0.2) is 42.5 Å². The first-order valence-electron chi connectivity index (χ1n) is 10.1. The Hall–Kier alpha value is -2.89. The van der Waals surface area contributed by atoms with E-state index in [-0.39, 0.29) is 36.2 Å². The molecule has 29 heavy (non-hydrogen) atoms. The zero-order valence-electron chi connectivity index (χ0n) is 16.5. The first kappa shape index (κ1) is 19.4. The lowest BCUT2D eigenvalue weighted by Gasteiger charge is -2.38. The average Bonchev–Trinajstić information content (AvgIpc) is 3.57. The molecule has 2 aromatic carbocycles. The van der Waals surface area contributed by atoms with Crippen LogP contribution in [0.25, 0.3) is 0 Å². The van der Waals surface area contributed by atoms with Crippen molar-refractivity contribution >= 4 is 11.8 Å². The number of carbonyl (C=O) groups is 2. The van der Waals surface area contributed by atoms with E-state index in [9.17, 15) is 14.0 Å². The largest absolute Gasteiger partial charge is 0.484 e. The van der Waals surface area contributed by atoms with Gasteiger partial charge in [0.15, 0.2) is 6.61 Å². The molecule has 2 amide bonds. The van der Waals surface area contributed by atoms with E-state index in [0.29, 0.717) is 18.8 Å². The number of carbonyl (C=O) groups excluding carboxylic acids is 2. The molecule has 2 aliphatic rings. The van der Waals surface area contributed by atoms with Crippen LogP contribution in [0.1, 0.15) is 42.5 Å². The lowest BCUT2D eigenvalue weighted by atomic mass is 9.87. The van der Waals surface area contributed by atoms with Crippen molar-refractivity contribution in [3.05, 3.63) is 65.0 Å². The number of fused-ring (bicyclic) bond motifs is 1. The lowest BCUT2D eigenvalue weighted by molar-refractivity contribution is -0.134. The van der Waals surface area contributed by atoms with Gasteiger partial charge in [-0.3, -0.25) is 9.59 Å². The van der Waals surface area contributed by atoms with Gasteiger partial charge in [0.25, 0.3) is 5.91 Å². The second kappa shape index (κ2) is 8.23. The highest BCUT2D eigenvalue weighted by atomic mass is 19.1. The molecule has 1 unspecified atom stereocenters. The topological polar surface area (TPSA) is 58.6 Å². The average molecular weight is 396 g/mol. The number of nitrogens with zero attached hydrogens (tertiary/aromatic N) is 1. The minimum atomic E-state index is -0.302. The van der Waals surface area contributed by atoms with Crippen molar-refractivity contribution in [1.29, 1.82) is 0 Å². The van der Waals surface area contributed by atoms with Crippen molar-refractivity contribution in [2.24, 2.45) is 5.92 Å². The molecule has 2 aromatic rings. The fraction of sp³-hybridized carbons (Fsp3) is 0.391. The molecule has 6 heteroatoms. The highest BCUT2D eigenvalue weighted by Gasteiger charge is 2.39. The van der Waals surface area contributed by atoms with Crippen molar-refractivity contribution in [2.75, 3.05) is 19.7 Å². The van der Waals surface area contributed by atoms with Gasteiger partial charge in [-0.15, -0.1) is 0 Å². The van der Waals surface area contributed by atoms with Gasteiger partial charge in [-0.1, -0.05) is 18.2 Å². The van der Waals surface area contributed by atoms with Gasteiger partial charge in [-0.25, -0.2) is 4.39 Å². The maximum atomic E-state index is 13.5. The van der Waals surface area contributed by atoms with Crippen LogP contribution in [0.4, 0.5) is 4.39 Å². The fourth-order valence-corrected chi connectivity index (χ4v) is 3.89. The van der Waals surface area contributed by atoms with Crippen LogP contribution in [0.3, 0.4) is 0 Å². The van der Waals surface area contributed by atoms with E-state index in [0.717, 1.165) is 36.0 Å². The first-order chi connectivity index (χ1) is 14.1. The van der Waals surface area contributed by atoms with Crippen molar-refractivity contribution < 1.29 is 18.7 Å². The van der Waals surface area contributed by atoms with Crippen LogP contribution in [0.5, 0.6) is 5.75 Å². The summed E-state index contributed by atoms with van der Waals surface area (Å²) in [6.45, 7) is 2.99. The van der Waals surface area contributed by atoms with Crippen LogP contribution in [0.2, 0.25) is 0 Å². The standard InChI is InChI=1S/C23H25FN2O3/c1-2-25-21(27)14-29-19-10-7-15-11-12-26(23(28)17-3-4-17)22(20(15)13-19)16-5-8-18(24)9-6-16/h5-10,13,17,22H,2-4,11-12,14H2,1H3,(H,25,27). The Morgan fingerprint density at radius 1 is 1.17 bits per heavy atom. The molecule has 1 aliphatic carbocycles. The number of likely N-dealkylation sites (N-methyl/N-ethyl adjacent to an activating group) is 1. The maximum absolute atomic E-state index is 13.5. The van der Waals surface area contributed by atoms with E-state index < -0.39 is 0 Å². The molecule has 4 rings (SSSR count). The van der Waals surface area contributed by atoms with Gasteiger partial charge in [0.05, 0.1) is 6.04 Å². The summed E-state index contributed by atoms with van der Waals surface area (Å²) in [6, 6.07) is 11.8. The number of benzene rings is 2. The Morgan fingerprint density at radius 3 is 2.62 bits per heavy atom. The zero-order chi connectivity index (χ0) is 20.4. The number of amides is 2. The Balaban J connectivity index is 1.66. The molecule has 1 fully saturated rings. The third-order valence-corrected chi connectivity index (χ3v) is 5.48. The minimum Gasteiger partial charge on any atom is -0.484 e. The summed E-state index contributed by atoms with van der Waals surface area (Å²) in [6.07, 6.45) is 2.64. The highest BCUT2D eigenvalue weighted by Crippen LogP contribution is 2.41. The van der Waals surface area contributed by atoms with E-state index in [1.165, 1.54) is 12.1 Å². The Bertz CT molecular complexity index is 909. The predicted octanol–water partition coefficient (Wildman–Crippen LogP) is 3.22. The number of nitrogens with one attached hydrogen (secondary N) is 1. The minimum absolute atomic E-state index is 0.0570. The summed E-state index contributed by atoms with van der Waals surface area (Å²) in [5.74, 6) is 0.382. The molecule has 0 aromatic heterocycles. The third-order valence-electron chi connectivity index (χ3n) is 5.48. The Labute approximate surface area is 169 Å². The second-order valence-corrected chi connectivity index (χ2v) is 7.61. The molecule has 152 valence electrons. The van der Waals surface area contributed by atoms with E-state index in [1.54, 1.807) is 12.1 Å². The van der Waals surface area contributed by atoms with E-state index in [2.05, 4.69) is 5.32 Å². The maximum Gasteiger partial charge on any atom is 0.257 e. The smallest absolute Gasteiger partial charge is 0.257 e. The molecular weight excluding hydrogens is 371 g/mol. The Morgan fingerprint density at radius 2 is 1.93 bits per heavy atom. The molecule has 1 saturated carbocycles. The van der Waals surface area contributed by atoms with Crippen LogP contribution in [-0.4, -0.2) is 36.4 Å². The van der Waals surface area contributed by atoms with Crippen molar-refractivity contribution in [3.63, 3.8) is 0 Å². The van der Waals surface area contributed by atoms with E-state index in [1.807, 2.05) is 30.0 Å². The van der Waals surface area contributed by atoms with Gasteiger partial charge in [0.1, 0.15) is 11.6 Å². The van der Waals surface area contributed by atoms with Crippen LogP contribution >= 0.6 is 0 Å². The summed E-state index contributed by atoms with van der Waals surface area (Å²) in [5, 5.41) is 2.71. The monoisotopic (exact) mass is 396 g/mol. The molecule has 0 spiro atoms. The number of ether oxygens (including phenoxy) is 1. The SMILES string of the molecule is CCNC(=O)COc1ccc2c(c1)C(c1ccc(F)cc1)N(C(=O)C1CC1)CC2. The molecule has 0 saturated heterocycles. The van der Waals surface area contributed by atoms with Crippen LogP contribution in [0, 0.1) is 11.7 Å². The normalized spacial score (nSPS) is 18.1. The molecule has 0 bridgehead atoms. The Kier molecular flexibility index (Phi) is 5.51. The second-order valence-electron chi connectivity index (χ2n) is 7.61. The van der Waals surface area contributed by atoms with Crippen LogP contribution < -0.4 is 10.1 Å². The van der Waals surface area contributed by atoms with Gasteiger partial charge >= 0.3 is 0 Å². The molecule has 1 aliphatic heterocycles. The van der Waals surface area contributed by atoms with Gasteiger partial charge in [-0.2, -0.15) is 0 Å². The summed E-state index contributed by atoms with van der Waals surface area (Å²) in [7, 11) is 0. The molecule has 1 heterocycles. The lowest BCUT2D eigenvalue weighted by Crippen LogP contribution is -2.41. The summed E-state index contributed by atoms with van der Waals surface area (Å²) < 4.78 is 19.2. The van der Waals surface area contributed by atoms with Crippen LogP contribution in [-0.2, 0) is 16.0 Å². The quantitative estimate of drug-likeness (QED) is 0.816. The van der Waals surface area contributed by atoms with Gasteiger partial charge in [-0.05, 0) is 67.1 Å². The number of hydrogen-bond acceptors (Lipinski definition) is 3. The van der Waals surface area contributed by atoms with Crippen molar-refractivity contribution in [3.8, 4) is 5.75 Å². The van der Waals surface area contributed by atoms with Gasteiger partial charge in [0.2, 0.25) is 5.91 Å². The molecule has 1 N–H and O–H groups in total. The number of rotatable bonds is 6. The third kappa shape index (κ3) is 4.26. The fourth-order valence-electron chi connectivity index (χ4n) is 3.89. The van der Waals surface area contributed by atoms with Gasteiger partial charge in [0, 0.05) is 19.0 Å². The summed E-state index contributed by atoms with van der Waals surface area (Å²) in [5.41, 5.74) is 3.00. The molecular formula is C23H25FN2O3. The number of halogens is 1. The highest BCUT2D eigenvalue weighted by molar-refractivity contribution is 5.82. The predicted molar refractivity (Wildman–Crippen MR) is 107 cm³/mol. The molecule has 1 atom stereocenters. The number of hydrogen-bond donors (Lipinski definition) is 1.